The molecule has 2 aliphatic heterocycles. The Hall–Kier alpha value is -3.14. The van der Waals surface area contributed by atoms with Crippen LogP contribution in [0.5, 0.6) is 5.75 Å². The number of hydrogen-bond acceptors (Lipinski definition) is 7. The first kappa shape index (κ1) is 28.4. The monoisotopic (exact) mass is 603 g/mol. The van der Waals surface area contributed by atoms with Gasteiger partial charge in [-0.05, 0) is 50.2 Å². The lowest BCUT2D eigenvalue weighted by Crippen LogP contribution is -2.49. The number of nitro benzene ring substituents is 1. The molecule has 0 spiro atoms. The van der Waals surface area contributed by atoms with Crippen LogP contribution < -0.4 is 19.6 Å². The summed E-state index contributed by atoms with van der Waals surface area (Å²) >= 11 is 12.6. The van der Waals surface area contributed by atoms with Gasteiger partial charge in [-0.15, -0.1) is 0 Å². The lowest BCUT2D eigenvalue weighted by molar-refractivity contribution is -0.384. The smallest absolute Gasteiger partial charge is 0.409 e. The molecule has 0 N–H and O–H groups in total. The van der Waals surface area contributed by atoms with Crippen LogP contribution in [0.1, 0.15) is 13.8 Å². The van der Waals surface area contributed by atoms with Crippen LogP contribution in [-0.4, -0.2) is 55.1 Å². The molecule has 5 rings (SSSR count). The predicted molar refractivity (Wildman–Crippen MR) is 159 cm³/mol. The summed E-state index contributed by atoms with van der Waals surface area (Å²) in [7, 11) is -3.32. The summed E-state index contributed by atoms with van der Waals surface area (Å²) in [5.74, 6) is 0.368. The fraction of sp³-hybridized carbons (Fsp3) is 0.296. The second kappa shape index (κ2) is 11.8. The maximum atomic E-state index is 14.0. The summed E-state index contributed by atoms with van der Waals surface area (Å²) in [5, 5.41) is 13.3. The maximum Gasteiger partial charge on any atom is 0.425 e. The topological polar surface area (TPSA) is 101 Å². The van der Waals surface area contributed by atoms with Gasteiger partial charge in [0.25, 0.3) is 5.69 Å². The highest BCUT2D eigenvalue weighted by Crippen LogP contribution is 2.63. The van der Waals surface area contributed by atoms with E-state index in [4.69, 9.17) is 37.4 Å². The van der Waals surface area contributed by atoms with E-state index in [1.54, 1.807) is 36.4 Å². The zero-order valence-electron chi connectivity index (χ0n) is 22.0. The first-order valence-electron chi connectivity index (χ1n) is 12.9. The van der Waals surface area contributed by atoms with Gasteiger partial charge in [0.2, 0.25) is 0 Å². The molecule has 2 aliphatic rings. The van der Waals surface area contributed by atoms with Crippen molar-refractivity contribution in [3.05, 3.63) is 80.8 Å². The zero-order valence-corrected chi connectivity index (χ0v) is 24.4. The van der Waals surface area contributed by atoms with Crippen molar-refractivity contribution in [1.29, 1.82) is 0 Å². The molecular weight excluding hydrogens is 576 g/mol. The molecule has 40 heavy (non-hydrogen) atoms. The summed E-state index contributed by atoms with van der Waals surface area (Å²) in [4.78, 5) is 27.8. The van der Waals surface area contributed by atoms with Gasteiger partial charge in [-0.1, -0.05) is 35.3 Å². The van der Waals surface area contributed by atoms with Crippen molar-refractivity contribution < 1.29 is 19.2 Å². The Morgan fingerprint density at radius 3 is 2.42 bits per heavy atom. The van der Waals surface area contributed by atoms with Gasteiger partial charge in [0.1, 0.15) is 11.4 Å². The van der Waals surface area contributed by atoms with Gasteiger partial charge in [-0.2, -0.15) is 0 Å². The van der Waals surface area contributed by atoms with E-state index in [1.165, 1.54) is 10.7 Å². The van der Waals surface area contributed by atoms with E-state index < -0.39 is 18.4 Å². The van der Waals surface area contributed by atoms with Crippen LogP contribution in [0.2, 0.25) is 10.0 Å². The first-order valence-corrected chi connectivity index (χ1v) is 15.3. The van der Waals surface area contributed by atoms with Crippen LogP contribution in [0, 0.1) is 10.1 Å². The molecule has 1 fully saturated rings. The molecule has 1 atom stereocenters. The largest absolute Gasteiger partial charge is 0.425 e. The number of para-hydroxylation sites is 1. The number of nitro groups is 1. The number of morpholine rings is 1. The Bertz CT molecular complexity index is 1510. The van der Waals surface area contributed by atoms with E-state index in [0.29, 0.717) is 48.1 Å². The number of benzene rings is 3. The number of halogens is 2. The second-order valence-electron chi connectivity index (χ2n) is 9.08. The third-order valence-corrected chi connectivity index (χ3v) is 11.3. The minimum atomic E-state index is -3.32. The number of carbonyl (C=O) groups is 1. The van der Waals surface area contributed by atoms with E-state index in [-0.39, 0.29) is 16.4 Å². The summed E-state index contributed by atoms with van der Waals surface area (Å²) < 4.78 is 20.4. The fourth-order valence-corrected chi connectivity index (χ4v) is 8.96. The number of carbonyl (C=O) groups excluding carboxylic acids is 1. The molecule has 3 aromatic carbocycles. The summed E-state index contributed by atoms with van der Waals surface area (Å²) in [5.41, 5.74) is 1.31. The van der Waals surface area contributed by atoms with E-state index >= 15 is 0 Å². The van der Waals surface area contributed by atoms with E-state index in [1.807, 2.05) is 18.2 Å². The van der Waals surface area contributed by atoms with Gasteiger partial charge in [0.05, 0.1) is 39.2 Å². The van der Waals surface area contributed by atoms with Crippen molar-refractivity contribution in [2.75, 3.05) is 49.0 Å². The fourth-order valence-electron chi connectivity index (χ4n) is 4.99. The number of hydrogen-bond donors (Lipinski definition) is 0. The molecule has 210 valence electrons. The molecule has 3 aromatic rings. The second-order valence-corrected chi connectivity index (χ2v) is 12.7. The first-order chi connectivity index (χ1) is 19.3. The van der Waals surface area contributed by atoms with Crippen molar-refractivity contribution in [1.82, 2.24) is 4.67 Å². The molecule has 1 saturated heterocycles. The van der Waals surface area contributed by atoms with Crippen LogP contribution in [-0.2, 0) is 4.74 Å². The van der Waals surface area contributed by atoms with E-state index in [9.17, 15) is 14.9 Å². The van der Waals surface area contributed by atoms with Crippen LogP contribution in [0.15, 0.2) is 65.4 Å². The Balaban J connectivity index is 1.88. The highest BCUT2D eigenvalue weighted by atomic mass is 35.5. The van der Waals surface area contributed by atoms with E-state index in [2.05, 4.69) is 23.4 Å². The SMILES string of the molecule is CCN(CC)c1ccc2c(c1)OC(=O)N(c1ccc(Cl)c(Cl)c1)[P@@]2(=Nc1ccccc1[N+](=O)[O-])N1CCOCC1. The predicted octanol–water partition coefficient (Wildman–Crippen LogP) is 7.09. The number of rotatable bonds is 7. The highest BCUT2D eigenvalue weighted by Gasteiger charge is 2.48. The van der Waals surface area contributed by atoms with Crippen molar-refractivity contribution in [2.24, 2.45) is 4.74 Å². The van der Waals surface area contributed by atoms with Gasteiger partial charge >= 0.3 is 6.09 Å². The molecule has 1 amide bonds. The summed E-state index contributed by atoms with van der Waals surface area (Å²) in [6, 6.07) is 16.9. The maximum absolute atomic E-state index is 14.0. The van der Waals surface area contributed by atoms with Crippen LogP contribution in [0.25, 0.3) is 0 Å². The number of anilines is 2. The molecule has 0 bridgehead atoms. The summed E-state index contributed by atoms with van der Waals surface area (Å²) in [6.07, 6.45) is -0.662. The third-order valence-electron chi connectivity index (χ3n) is 6.90. The lowest BCUT2D eigenvalue weighted by Gasteiger charge is -2.47. The normalized spacial score (nSPS) is 19.1. The standard InChI is InChI=1S/C27H28Cl2N5O5P/c1-3-31(4-2)19-10-12-26-25(18-19)39-27(35)33(20-9-11-21(28)22(29)17-20)40(26,32-13-15-38-16-14-32)30-23-7-5-6-8-24(23)34(36)37/h5-12,17-18H,3-4,13-16H2,1-2H3/t40-/m0/s1. The molecule has 0 aliphatic carbocycles. The van der Waals surface area contributed by atoms with Crippen molar-refractivity contribution in [2.45, 2.75) is 13.8 Å². The Morgan fingerprint density at radius 1 is 1.02 bits per heavy atom. The van der Waals surface area contributed by atoms with Gasteiger partial charge < -0.3 is 14.4 Å². The number of ether oxygens (including phenoxy) is 2. The number of fused-ring (bicyclic) bond motifs is 1. The average Bonchev–Trinajstić information content (AvgIpc) is 2.96. The number of amides is 1. The molecule has 10 nitrogen and oxygen atoms in total. The van der Waals surface area contributed by atoms with Crippen LogP contribution in [0.3, 0.4) is 0 Å². The van der Waals surface area contributed by atoms with Gasteiger partial charge in [0.15, 0.2) is 7.36 Å². The summed E-state index contributed by atoms with van der Waals surface area (Å²) in [6.45, 7) is 7.34. The van der Waals surface area contributed by atoms with Crippen molar-refractivity contribution >= 4 is 64.7 Å². The molecular formula is C27H28Cl2N5O5P. The Morgan fingerprint density at radius 2 is 1.75 bits per heavy atom. The zero-order chi connectivity index (χ0) is 28.4. The number of nitrogens with zero attached hydrogens (tertiary/aromatic N) is 5. The van der Waals surface area contributed by atoms with E-state index in [0.717, 1.165) is 18.8 Å². The Labute approximate surface area is 242 Å². The molecule has 0 saturated carbocycles. The molecule has 2 heterocycles. The highest BCUT2D eigenvalue weighted by molar-refractivity contribution is 7.74. The van der Waals surface area contributed by atoms with Gasteiger partial charge in [-0.25, -0.2) is 18.9 Å². The minimum Gasteiger partial charge on any atom is -0.409 e. The van der Waals surface area contributed by atoms with Gasteiger partial charge in [-0.3, -0.25) is 10.1 Å². The Kier molecular flexibility index (Phi) is 8.35. The van der Waals surface area contributed by atoms with Crippen molar-refractivity contribution in [3.8, 4) is 5.75 Å². The van der Waals surface area contributed by atoms with Crippen LogP contribution >= 0.6 is 30.6 Å². The molecule has 0 radical (unpaired) electrons. The van der Waals surface area contributed by atoms with Gasteiger partial charge in [0, 0.05) is 44.0 Å². The van der Waals surface area contributed by atoms with Crippen LogP contribution in [0.4, 0.5) is 27.5 Å². The molecule has 0 aromatic heterocycles. The molecule has 0 unspecified atom stereocenters. The minimum absolute atomic E-state index is 0.158. The molecule has 13 heteroatoms. The third kappa shape index (κ3) is 5.06. The average molecular weight is 604 g/mol. The van der Waals surface area contributed by atoms with Crippen molar-refractivity contribution in [3.63, 3.8) is 0 Å². The quantitative estimate of drug-likeness (QED) is 0.161. The lowest BCUT2D eigenvalue weighted by atomic mass is 10.2.